The van der Waals surface area contributed by atoms with Crippen molar-refractivity contribution in [3.63, 3.8) is 0 Å². The summed E-state index contributed by atoms with van der Waals surface area (Å²) in [6.07, 6.45) is 11.7. The second kappa shape index (κ2) is 11.1. The number of rotatable bonds is 11. The van der Waals surface area contributed by atoms with Gasteiger partial charge < -0.3 is 0 Å². The minimum Gasteiger partial charge on any atom is -0.118 e. The van der Waals surface area contributed by atoms with Crippen LogP contribution in [0.1, 0.15) is 88.6 Å². The van der Waals surface area contributed by atoms with E-state index >= 15 is 0 Å². The smallest absolute Gasteiger partial charge is 0.0585 e. The van der Waals surface area contributed by atoms with Crippen LogP contribution in [0.3, 0.4) is 0 Å². The zero-order chi connectivity index (χ0) is 15.5. The number of benzene rings is 1. The van der Waals surface area contributed by atoms with E-state index in [0.29, 0.717) is 0 Å². The highest BCUT2D eigenvalue weighted by Gasteiger charge is 2.07. The van der Waals surface area contributed by atoms with E-state index < -0.39 is 0 Å². The molecule has 0 bridgehead atoms. The van der Waals surface area contributed by atoms with Crippen LogP contribution >= 0.6 is 11.6 Å². The molecule has 0 saturated heterocycles. The molecule has 0 aliphatic heterocycles. The van der Waals surface area contributed by atoms with Crippen LogP contribution in [-0.2, 0) is 6.42 Å². The lowest BCUT2D eigenvalue weighted by atomic mass is 9.99. The molecule has 0 amide bonds. The van der Waals surface area contributed by atoms with E-state index in [2.05, 4.69) is 45.0 Å². The third kappa shape index (κ3) is 8.51. The Bertz CT molecular complexity index is 353. The summed E-state index contributed by atoms with van der Waals surface area (Å²) in [5.41, 5.74) is 2.71. The first-order valence-corrected chi connectivity index (χ1v) is 9.30. The molecule has 0 radical (unpaired) electrons. The molecule has 0 aromatic heterocycles. The maximum atomic E-state index is 6.53. The molecule has 1 atom stereocenters. The van der Waals surface area contributed by atoms with Crippen molar-refractivity contribution in [1.82, 2.24) is 0 Å². The van der Waals surface area contributed by atoms with Crippen molar-refractivity contribution in [1.29, 1.82) is 0 Å². The summed E-state index contributed by atoms with van der Waals surface area (Å²) in [5.74, 6) is 0.718. The Morgan fingerprint density at radius 2 is 1.43 bits per heavy atom. The summed E-state index contributed by atoms with van der Waals surface area (Å²) in [5, 5.41) is 0.189. The molecule has 0 N–H and O–H groups in total. The summed E-state index contributed by atoms with van der Waals surface area (Å²) in [6, 6.07) is 8.93. The largest absolute Gasteiger partial charge is 0.118 e. The number of hydrogen-bond acceptors (Lipinski definition) is 0. The molecule has 0 fully saturated rings. The van der Waals surface area contributed by atoms with Crippen molar-refractivity contribution in [2.24, 2.45) is 5.92 Å². The molecule has 1 unspecified atom stereocenters. The minimum atomic E-state index is 0.189. The lowest BCUT2D eigenvalue weighted by Crippen LogP contribution is -1.96. The highest BCUT2D eigenvalue weighted by molar-refractivity contribution is 6.20. The van der Waals surface area contributed by atoms with Gasteiger partial charge in [-0.2, -0.15) is 0 Å². The molecule has 1 aromatic carbocycles. The van der Waals surface area contributed by atoms with Crippen LogP contribution in [0.4, 0.5) is 0 Å². The lowest BCUT2D eigenvalue weighted by Gasteiger charge is -2.11. The van der Waals surface area contributed by atoms with E-state index in [-0.39, 0.29) is 5.38 Å². The maximum Gasteiger partial charge on any atom is 0.0585 e. The van der Waals surface area contributed by atoms with E-state index in [1.165, 1.54) is 56.1 Å². The molecule has 0 spiro atoms. The van der Waals surface area contributed by atoms with Crippen molar-refractivity contribution in [2.45, 2.75) is 83.9 Å². The van der Waals surface area contributed by atoms with E-state index in [9.17, 15) is 0 Å². The van der Waals surface area contributed by atoms with Crippen molar-refractivity contribution in [2.75, 3.05) is 0 Å². The molecule has 21 heavy (non-hydrogen) atoms. The van der Waals surface area contributed by atoms with Crippen molar-refractivity contribution in [3.8, 4) is 0 Å². The zero-order valence-electron chi connectivity index (χ0n) is 14.2. The highest BCUT2D eigenvalue weighted by atomic mass is 35.5. The van der Waals surface area contributed by atoms with Crippen LogP contribution in [0.25, 0.3) is 0 Å². The van der Waals surface area contributed by atoms with Gasteiger partial charge in [-0.3, -0.25) is 0 Å². The second-order valence-electron chi connectivity index (χ2n) is 6.72. The molecule has 0 saturated carbocycles. The molecule has 0 aliphatic rings. The Balaban J connectivity index is 2.21. The monoisotopic (exact) mass is 308 g/mol. The summed E-state index contributed by atoms with van der Waals surface area (Å²) >= 11 is 6.53. The highest BCUT2D eigenvalue weighted by Crippen LogP contribution is 2.27. The Kier molecular flexibility index (Phi) is 9.83. The van der Waals surface area contributed by atoms with Gasteiger partial charge in [0.1, 0.15) is 0 Å². The molecule has 0 heterocycles. The molecule has 120 valence electrons. The van der Waals surface area contributed by atoms with Gasteiger partial charge in [-0.15, -0.1) is 11.6 Å². The third-order valence-electron chi connectivity index (χ3n) is 4.05. The molecular weight excluding hydrogens is 276 g/mol. The van der Waals surface area contributed by atoms with Gasteiger partial charge in [-0.25, -0.2) is 0 Å². The number of hydrogen-bond donors (Lipinski definition) is 0. The molecular formula is C20H33Cl. The molecule has 0 aliphatic carbocycles. The van der Waals surface area contributed by atoms with Crippen LogP contribution in [0, 0.1) is 5.92 Å². The van der Waals surface area contributed by atoms with Gasteiger partial charge in [0.25, 0.3) is 0 Å². The summed E-state index contributed by atoms with van der Waals surface area (Å²) < 4.78 is 0. The number of halogens is 1. The van der Waals surface area contributed by atoms with E-state index in [0.717, 1.165) is 18.8 Å². The van der Waals surface area contributed by atoms with Gasteiger partial charge in [-0.1, -0.05) is 90.0 Å². The van der Waals surface area contributed by atoms with Gasteiger partial charge in [0.05, 0.1) is 5.38 Å². The molecule has 1 rings (SSSR count). The van der Waals surface area contributed by atoms with E-state index in [4.69, 9.17) is 11.6 Å². The van der Waals surface area contributed by atoms with Crippen LogP contribution in [-0.4, -0.2) is 0 Å². The van der Waals surface area contributed by atoms with Crippen LogP contribution in [0.15, 0.2) is 24.3 Å². The van der Waals surface area contributed by atoms with Gasteiger partial charge in [-0.05, 0) is 29.9 Å². The average Bonchev–Trinajstić information content (AvgIpc) is 2.46. The topological polar surface area (TPSA) is 0 Å². The zero-order valence-corrected chi connectivity index (χ0v) is 15.0. The first-order chi connectivity index (χ1) is 10.1. The Morgan fingerprint density at radius 1 is 0.857 bits per heavy atom. The van der Waals surface area contributed by atoms with Gasteiger partial charge in [0.15, 0.2) is 0 Å². The van der Waals surface area contributed by atoms with Crippen LogP contribution in [0.2, 0.25) is 0 Å². The minimum absolute atomic E-state index is 0.189. The fourth-order valence-electron chi connectivity index (χ4n) is 2.78. The van der Waals surface area contributed by atoms with Gasteiger partial charge >= 0.3 is 0 Å². The molecule has 1 heteroatoms. The van der Waals surface area contributed by atoms with Crippen molar-refractivity contribution in [3.05, 3.63) is 35.4 Å². The number of unbranched alkanes of at least 4 members (excludes halogenated alkanes) is 6. The van der Waals surface area contributed by atoms with Crippen molar-refractivity contribution < 1.29 is 0 Å². The Hall–Kier alpha value is -0.490. The van der Waals surface area contributed by atoms with Crippen LogP contribution in [0.5, 0.6) is 0 Å². The number of alkyl halides is 1. The van der Waals surface area contributed by atoms with Gasteiger partial charge in [0.2, 0.25) is 0 Å². The first kappa shape index (κ1) is 18.6. The predicted octanol–water partition coefficient (Wildman–Crippen LogP) is 7.31. The fourth-order valence-corrected chi connectivity index (χ4v) is 3.08. The van der Waals surface area contributed by atoms with Gasteiger partial charge in [0, 0.05) is 0 Å². The fraction of sp³-hybridized carbons (Fsp3) is 0.700. The maximum absolute atomic E-state index is 6.53. The van der Waals surface area contributed by atoms with Crippen LogP contribution < -0.4 is 0 Å². The molecule has 0 nitrogen and oxygen atoms in total. The summed E-state index contributed by atoms with van der Waals surface area (Å²) in [6.45, 7) is 6.79. The second-order valence-corrected chi connectivity index (χ2v) is 7.24. The van der Waals surface area contributed by atoms with Crippen molar-refractivity contribution >= 4 is 11.6 Å². The van der Waals surface area contributed by atoms with E-state index in [1.54, 1.807) is 0 Å². The standard InChI is InChI=1S/C20H33Cl/c1-4-5-6-7-8-9-10-11-20(21)19-14-12-18(13-15-19)16-17(2)3/h12-15,17,20H,4-11,16H2,1-3H3. The summed E-state index contributed by atoms with van der Waals surface area (Å²) in [4.78, 5) is 0. The Morgan fingerprint density at radius 3 is 2.00 bits per heavy atom. The summed E-state index contributed by atoms with van der Waals surface area (Å²) in [7, 11) is 0. The molecule has 1 aromatic rings. The first-order valence-electron chi connectivity index (χ1n) is 8.86. The Labute approximate surface area is 137 Å². The van der Waals surface area contributed by atoms with E-state index in [1.807, 2.05) is 0 Å². The average molecular weight is 309 g/mol. The third-order valence-corrected chi connectivity index (χ3v) is 4.52. The quantitative estimate of drug-likeness (QED) is 0.297. The lowest BCUT2D eigenvalue weighted by molar-refractivity contribution is 0.572. The SMILES string of the molecule is CCCCCCCCCC(Cl)c1ccc(CC(C)C)cc1. The normalized spacial score (nSPS) is 12.8. The predicted molar refractivity (Wildman–Crippen MR) is 96.2 cm³/mol.